The second-order valence-corrected chi connectivity index (χ2v) is 12.0. The smallest absolute Gasteiger partial charge is 0.413 e. The normalized spacial score (nSPS) is 17.6. The maximum Gasteiger partial charge on any atom is 0.460 e. The molecule has 382 valence electrons. The van der Waals surface area contributed by atoms with Crippen molar-refractivity contribution in [2.24, 2.45) is 0 Å². The molecule has 0 saturated carbocycles. The lowest BCUT2D eigenvalue weighted by Gasteiger charge is -2.48. The zero-order chi connectivity index (χ0) is 53.4. The van der Waals surface area contributed by atoms with E-state index in [0.29, 0.717) is 0 Å². The second-order valence-electron chi connectivity index (χ2n) is 12.0. The fourth-order valence-electron chi connectivity index (χ4n) is 3.67. The maximum absolute atomic E-state index is 15.3. The Morgan fingerprint density at radius 3 is 0.516 bits per heavy atom. The van der Waals surface area contributed by atoms with Gasteiger partial charge in [-0.15, -0.1) is 0 Å². The first-order chi connectivity index (χ1) is 26.8. The SMILES string of the molecule is C=C(C)C(=O)OC(F)(C(F)(F)C(F)(F)C(F)(F)C(F)(F)C(F)(F)C(F)(F)F)C(F)(F)C(F)(F)C(F)(F)C(F)(F)C(F)(F)C(F)(F)C(F)(F)C(F)(F)C(F)(F)C(F)(F)C(F)(F)C(F)(F)F. The number of rotatable bonds is 18. The summed E-state index contributed by atoms with van der Waals surface area (Å²) in [6.07, 6.45) is -17.0. The maximum atomic E-state index is 15.3. The van der Waals surface area contributed by atoms with E-state index in [-0.39, 0.29) is 0 Å². The monoisotopic (exact) mass is 1050 g/mol. The van der Waals surface area contributed by atoms with Gasteiger partial charge in [-0.05, 0) is 6.92 Å². The first-order valence-corrected chi connectivity index (χ1v) is 13.6. The van der Waals surface area contributed by atoms with E-state index < -0.39 is 131 Å². The average Bonchev–Trinajstić information content (AvgIpc) is 3.05. The quantitative estimate of drug-likeness (QED) is 0.0777. The van der Waals surface area contributed by atoms with Crippen LogP contribution in [0.5, 0.6) is 0 Å². The van der Waals surface area contributed by atoms with Crippen molar-refractivity contribution in [3.05, 3.63) is 12.2 Å². The van der Waals surface area contributed by atoms with Crippen LogP contribution in [0.3, 0.4) is 0 Å². The molecule has 0 aliphatic carbocycles. The number of hydrogen-bond donors (Lipinski definition) is 0. The molecule has 0 aliphatic heterocycles. The molecule has 0 N–H and O–H groups in total. The van der Waals surface area contributed by atoms with Gasteiger partial charge in [0.1, 0.15) is 0 Å². The lowest BCUT2D eigenvalue weighted by molar-refractivity contribution is -0.501. The fourth-order valence-corrected chi connectivity index (χ4v) is 3.67. The summed E-state index contributed by atoms with van der Waals surface area (Å²) in [5.41, 5.74) is -2.50. The third kappa shape index (κ3) is 6.89. The van der Waals surface area contributed by atoms with Gasteiger partial charge in [-0.3, -0.25) is 0 Å². The van der Waals surface area contributed by atoms with E-state index in [9.17, 15) is 172 Å². The highest BCUT2D eigenvalue weighted by atomic mass is 19.5. The molecule has 0 bridgehead atoms. The van der Waals surface area contributed by atoms with Crippen molar-refractivity contribution in [2.75, 3.05) is 0 Å². The number of alkyl halides is 39. The van der Waals surface area contributed by atoms with Crippen LogP contribution in [0.1, 0.15) is 6.92 Å². The molecular formula is C23H5F39O2. The Morgan fingerprint density at radius 2 is 0.391 bits per heavy atom. The lowest BCUT2D eigenvalue weighted by atomic mass is 9.81. The van der Waals surface area contributed by atoms with Gasteiger partial charge in [0, 0.05) is 5.57 Å². The van der Waals surface area contributed by atoms with Crippen molar-refractivity contribution in [1.29, 1.82) is 0 Å². The molecule has 0 aliphatic rings. The molecule has 0 amide bonds. The summed E-state index contributed by atoms with van der Waals surface area (Å²) in [5.74, 6) is -174. The average molecular weight is 1050 g/mol. The van der Waals surface area contributed by atoms with E-state index in [0.717, 1.165) is 0 Å². The van der Waals surface area contributed by atoms with Crippen LogP contribution in [0.15, 0.2) is 12.2 Å². The van der Waals surface area contributed by atoms with E-state index in [4.69, 9.17) is 0 Å². The van der Waals surface area contributed by atoms with Gasteiger partial charge < -0.3 is 4.74 Å². The molecule has 0 spiro atoms. The molecule has 0 rings (SSSR count). The first kappa shape index (κ1) is 60.5. The summed E-state index contributed by atoms with van der Waals surface area (Å²) in [5, 5.41) is 0. The number of hydrogen-bond acceptors (Lipinski definition) is 2. The van der Waals surface area contributed by atoms with Crippen LogP contribution in [-0.4, -0.2) is 119 Å². The summed E-state index contributed by atoms with van der Waals surface area (Å²) < 4.78 is 536. The molecule has 2 nitrogen and oxygen atoms in total. The van der Waals surface area contributed by atoms with Gasteiger partial charge in [-0.2, -0.15) is 171 Å². The van der Waals surface area contributed by atoms with Crippen molar-refractivity contribution in [3.63, 3.8) is 0 Å². The number of esters is 1. The van der Waals surface area contributed by atoms with Crippen LogP contribution in [0, 0.1) is 0 Å². The van der Waals surface area contributed by atoms with Gasteiger partial charge in [0.15, 0.2) is 0 Å². The lowest BCUT2D eigenvalue weighted by Crippen LogP contribution is -2.81. The molecule has 0 saturated heterocycles. The van der Waals surface area contributed by atoms with Crippen molar-refractivity contribution >= 4 is 5.97 Å². The zero-order valence-corrected chi connectivity index (χ0v) is 27.8. The number of halogens is 39. The van der Waals surface area contributed by atoms with Crippen molar-refractivity contribution in [1.82, 2.24) is 0 Å². The molecule has 64 heavy (non-hydrogen) atoms. The highest BCUT2D eigenvalue weighted by Gasteiger charge is 3.03. The van der Waals surface area contributed by atoms with Gasteiger partial charge in [0.25, 0.3) is 0 Å². The minimum Gasteiger partial charge on any atom is -0.413 e. The molecule has 0 aromatic heterocycles. The van der Waals surface area contributed by atoms with Crippen LogP contribution in [0.2, 0.25) is 0 Å². The summed E-state index contributed by atoms with van der Waals surface area (Å²) in [7, 11) is 0. The fraction of sp³-hybridized carbons (Fsp3) is 0.870. The number of carbonyl (C=O) groups excluding carboxylic acids is 1. The minimum absolute atomic E-state index is 0.507. The molecule has 41 heteroatoms. The molecule has 0 fully saturated rings. The van der Waals surface area contributed by atoms with Crippen molar-refractivity contribution in [2.45, 2.75) is 120 Å². The second kappa shape index (κ2) is 14.7. The third-order valence-corrected chi connectivity index (χ3v) is 7.62. The Kier molecular flexibility index (Phi) is 13.9. The van der Waals surface area contributed by atoms with Crippen LogP contribution in [0.4, 0.5) is 171 Å². The van der Waals surface area contributed by atoms with Gasteiger partial charge >= 0.3 is 119 Å². The Labute approximate surface area is 320 Å². The minimum atomic E-state index is -10.5. The van der Waals surface area contributed by atoms with Gasteiger partial charge in [0.05, 0.1) is 0 Å². The van der Waals surface area contributed by atoms with E-state index in [1.165, 1.54) is 0 Å². The predicted molar refractivity (Wildman–Crippen MR) is 116 cm³/mol. The molecule has 1 atom stereocenters. The molecule has 0 aromatic carbocycles. The first-order valence-electron chi connectivity index (χ1n) is 13.6. The van der Waals surface area contributed by atoms with Gasteiger partial charge in [0.2, 0.25) is 0 Å². The standard InChI is InChI=1S/C23H5F39O2/c1-3(2)4(63)64-21(56,18(50,51)14(42,43)12(38,39)16(46,47)20(54,55)23(60,61)62)17(48,49)13(40,41)10(34,35)8(30,31)6(26,27)5(24,25)7(28,29)9(32,33)11(36,37)15(44,45)19(52,53)22(57,58)59/h1H2,2H3. The highest BCUT2D eigenvalue weighted by Crippen LogP contribution is 2.71. The zero-order valence-electron chi connectivity index (χ0n) is 27.8. The van der Waals surface area contributed by atoms with E-state index in [1.54, 1.807) is 4.74 Å². The van der Waals surface area contributed by atoms with Gasteiger partial charge in [-0.25, -0.2) is 4.79 Å². The Bertz CT molecular complexity index is 1760. The topological polar surface area (TPSA) is 26.3 Å². The summed E-state index contributed by atoms with van der Waals surface area (Å²) in [6.45, 7) is 1.34. The number of carbonyl (C=O) groups is 1. The largest absolute Gasteiger partial charge is 0.460 e. The number of ether oxygens (including phenoxy) is 1. The van der Waals surface area contributed by atoms with Crippen LogP contribution < -0.4 is 0 Å². The molecule has 0 aromatic rings. The van der Waals surface area contributed by atoms with Crippen molar-refractivity contribution in [3.8, 4) is 0 Å². The summed E-state index contributed by atoms with van der Waals surface area (Å²) in [6, 6.07) is 0. The molecular weight excluding hydrogens is 1050 g/mol. The molecule has 1 unspecified atom stereocenters. The van der Waals surface area contributed by atoms with Crippen LogP contribution in [0.25, 0.3) is 0 Å². The van der Waals surface area contributed by atoms with Crippen LogP contribution >= 0.6 is 0 Å². The van der Waals surface area contributed by atoms with E-state index >= 15 is 4.39 Å². The van der Waals surface area contributed by atoms with Crippen LogP contribution in [-0.2, 0) is 9.53 Å². The summed E-state index contributed by atoms with van der Waals surface area (Å²) >= 11 is 0. The van der Waals surface area contributed by atoms with E-state index in [1.807, 2.05) is 6.58 Å². The predicted octanol–water partition coefficient (Wildman–Crippen LogP) is 13.1. The molecule has 0 heterocycles. The Balaban J connectivity index is 8.48. The Hall–Kier alpha value is -3.52. The highest BCUT2D eigenvalue weighted by molar-refractivity contribution is 5.87. The molecule has 0 radical (unpaired) electrons. The third-order valence-electron chi connectivity index (χ3n) is 7.62. The van der Waals surface area contributed by atoms with Gasteiger partial charge in [-0.1, -0.05) is 6.58 Å². The van der Waals surface area contributed by atoms with E-state index in [2.05, 4.69) is 0 Å². The Morgan fingerprint density at radius 1 is 0.266 bits per heavy atom. The summed E-state index contributed by atoms with van der Waals surface area (Å²) in [4.78, 5) is 11.4. The van der Waals surface area contributed by atoms with Crippen molar-refractivity contribution < 1.29 is 181 Å².